The first-order chi connectivity index (χ1) is 13.6. The van der Waals surface area contributed by atoms with Crippen LogP contribution >= 0.6 is 15.9 Å². The maximum absolute atomic E-state index is 12.0. The summed E-state index contributed by atoms with van der Waals surface area (Å²) < 4.78 is 7.93. The molecule has 0 saturated heterocycles. The van der Waals surface area contributed by atoms with Crippen LogP contribution in [-0.4, -0.2) is 28.2 Å². The van der Waals surface area contributed by atoms with Crippen molar-refractivity contribution in [2.24, 2.45) is 0 Å². The molecule has 0 bridgehead atoms. The summed E-state index contributed by atoms with van der Waals surface area (Å²) in [5, 5.41) is 9.62. The highest BCUT2D eigenvalue weighted by Gasteiger charge is 2.06. The number of amides is 2. The average Bonchev–Trinajstić information content (AvgIpc) is 3.19. The number of benzene rings is 2. The Morgan fingerprint density at radius 3 is 2.64 bits per heavy atom. The van der Waals surface area contributed by atoms with Crippen molar-refractivity contribution in [3.05, 3.63) is 77.0 Å². The van der Waals surface area contributed by atoms with Gasteiger partial charge < -0.3 is 15.4 Å². The second-order valence-corrected chi connectivity index (χ2v) is 6.89. The molecule has 28 heavy (non-hydrogen) atoms. The van der Waals surface area contributed by atoms with Gasteiger partial charge in [0, 0.05) is 29.1 Å². The second-order valence-electron chi connectivity index (χ2n) is 5.97. The van der Waals surface area contributed by atoms with Crippen molar-refractivity contribution in [2.45, 2.75) is 13.1 Å². The molecule has 0 aliphatic carbocycles. The molecule has 7 nitrogen and oxygen atoms in total. The largest absolute Gasteiger partial charge is 0.484 e. The Balaban J connectivity index is 1.45. The second kappa shape index (κ2) is 9.70. The molecule has 0 radical (unpaired) electrons. The molecule has 8 heteroatoms. The van der Waals surface area contributed by atoms with Crippen molar-refractivity contribution in [3.8, 4) is 5.75 Å². The molecule has 0 atom stereocenters. The first kappa shape index (κ1) is 19.6. The van der Waals surface area contributed by atoms with Gasteiger partial charge in [0.1, 0.15) is 12.3 Å². The summed E-state index contributed by atoms with van der Waals surface area (Å²) in [4.78, 5) is 24.0. The lowest BCUT2D eigenvalue weighted by atomic mass is 10.2. The van der Waals surface area contributed by atoms with Crippen molar-refractivity contribution in [2.75, 3.05) is 11.9 Å². The Morgan fingerprint density at radius 1 is 1.07 bits per heavy atom. The number of carbonyl (C=O) groups excluding carboxylic acids is 2. The van der Waals surface area contributed by atoms with Crippen LogP contribution < -0.4 is 15.4 Å². The third-order valence-electron chi connectivity index (χ3n) is 3.75. The van der Waals surface area contributed by atoms with E-state index >= 15 is 0 Å². The normalized spacial score (nSPS) is 10.3. The molecule has 3 rings (SSSR count). The molecule has 1 aromatic heterocycles. The van der Waals surface area contributed by atoms with Crippen LogP contribution in [0.25, 0.3) is 0 Å². The third-order valence-corrected chi connectivity index (χ3v) is 4.28. The van der Waals surface area contributed by atoms with Gasteiger partial charge in [-0.15, -0.1) is 0 Å². The number of nitrogens with one attached hydrogen (secondary N) is 2. The van der Waals surface area contributed by atoms with Gasteiger partial charge in [-0.1, -0.05) is 28.1 Å². The molecule has 144 valence electrons. The summed E-state index contributed by atoms with van der Waals surface area (Å²) in [6.07, 6.45) is 3.35. The number of anilines is 1. The van der Waals surface area contributed by atoms with Crippen LogP contribution in [0.1, 0.15) is 5.56 Å². The average molecular weight is 443 g/mol. The van der Waals surface area contributed by atoms with Gasteiger partial charge in [-0.2, -0.15) is 5.10 Å². The molecule has 0 unspecified atom stereocenters. The minimum atomic E-state index is -0.226. The van der Waals surface area contributed by atoms with Crippen molar-refractivity contribution in [1.82, 2.24) is 15.1 Å². The SMILES string of the molecule is O=C(COc1ccc(Br)cc1)NCc1cccc(NC(=O)Cn2cccn2)c1. The zero-order valence-corrected chi connectivity index (χ0v) is 16.6. The van der Waals surface area contributed by atoms with Crippen molar-refractivity contribution >= 4 is 33.4 Å². The molecule has 0 aliphatic heterocycles. The molecule has 0 spiro atoms. The predicted octanol–water partition coefficient (Wildman–Crippen LogP) is 2.98. The van der Waals surface area contributed by atoms with Gasteiger partial charge in [0.15, 0.2) is 6.61 Å². The maximum atomic E-state index is 12.0. The van der Waals surface area contributed by atoms with Gasteiger partial charge in [-0.3, -0.25) is 14.3 Å². The van der Waals surface area contributed by atoms with Crippen LogP contribution in [0.15, 0.2) is 71.5 Å². The molecule has 0 fully saturated rings. The van der Waals surface area contributed by atoms with E-state index in [1.165, 1.54) is 0 Å². The highest BCUT2D eigenvalue weighted by Crippen LogP contribution is 2.16. The van der Waals surface area contributed by atoms with E-state index in [2.05, 4.69) is 31.7 Å². The molecule has 2 aromatic carbocycles. The zero-order valence-electron chi connectivity index (χ0n) is 15.0. The molecular formula is C20H19BrN4O3. The van der Waals surface area contributed by atoms with Crippen molar-refractivity contribution in [1.29, 1.82) is 0 Å². The van der Waals surface area contributed by atoms with E-state index < -0.39 is 0 Å². The fourth-order valence-electron chi connectivity index (χ4n) is 2.43. The molecular weight excluding hydrogens is 424 g/mol. The smallest absolute Gasteiger partial charge is 0.258 e. The molecule has 3 aromatic rings. The summed E-state index contributed by atoms with van der Waals surface area (Å²) in [5.41, 5.74) is 1.53. The van der Waals surface area contributed by atoms with Gasteiger partial charge in [-0.05, 0) is 48.0 Å². The fraction of sp³-hybridized carbons (Fsp3) is 0.150. The quantitative estimate of drug-likeness (QED) is 0.561. The number of ether oxygens (including phenoxy) is 1. The number of nitrogens with zero attached hydrogens (tertiary/aromatic N) is 2. The van der Waals surface area contributed by atoms with Gasteiger partial charge in [0.05, 0.1) is 0 Å². The van der Waals surface area contributed by atoms with Gasteiger partial charge >= 0.3 is 0 Å². The highest BCUT2D eigenvalue weighted by atomic mass is 79.9. The summed E-state index contributed by atoms with van der Waals surface area (Å²) in [5.74, 6) is 0.226. The Morgan fingerprint density at radius 2 is 1.89 bits per heavy atom. The van der Waals surface area contributed by atoms with E-state index in [0.717, 1.165) is 10.0 Å². The molecule has 2 amide bonds. The molecule has 1 heterocycles. The van der Waals surface area contributed by atoms with E-state index in [1.54, 1.807) is 41.3 Å². The standard InChI is InChI=1S/C20H19BrN4O3/c21-16-5-7-18(8-6-16)28-14-20(27)22-12-15-3-1-4-17(11-15)24-19(26)13-25-10-2-9-23-25/h1-11H,12-14H2,(H,22,27)(H,24,26). The van der Waals surface area contributed by atoms with E-state index in [0.29, 0.717) is 18.0 Å². The van der Waals surface area contributed by atoms with Crippen LogP contribution in [0.3, 0.4) is 0 Å². The Bertz CT molecular complexity index is 927. The lowest BCUT2D eigenvalue weighted by Gasteiger charge is -2.10. The minimum Gasteiger partial charge on any atom is -0.484 e. The van der Waals surface area contributed by atoms with Crippen LogP contribution in [-0.2, 0) is 22.7 Å². The van der Waals surface area contributed by atoms with Crippen molar-refractivity contribution in [3.63, 3.8) is 0 Å². The van der Waals surface area contributed by atoms with E-state index in [4.69, 9.17) is 4.74 Å². The first-order valence-electron chi connectivity index (χ1n) is 8.60. The number of halogens is 1. The summed E-state index contributed by atoms with van der Waals surface area (Å²) >= 11 is 3.35. The predicted molar refractivity (Wildman–Crippen MR) is 109 cm³/mol. The van der Waals surface area contributed by atoms with Crippen LogP contribution in [0.2, 0.25) is 0 Å². The van der Waals surface area contributed by atoms with Gasteiger partial charge in [-0.25, -0.2) is 0 Å². The molecule has 2 N–H and O–H groups in total. The van der Waals surface area contributed by atoms with E-state index in [1.807, 2.05) is 30.3 Å². The number of hydrogen-bond acceptors (Lipinski definition) is 4. The summed E-state index contributed by atoms with van der Waals surface area (Å²) in [6, 6.07) is 16.3. The summed E-state index contributed by atoms with van der Waals surface area (Å²) in [6.45, 7) is 0.411. The van der Waals surface area contributed by atoms with Crippen LogP contribution in [0.5, 0.6) is 5.75 Å². The number of aromatic nitrogens is 2. The lowest BCUT2D eigenvalue weighted by Crippen LogP contribution is -2.28. The van der Waals surface area contributed by atoms with Crippen LogP contribution in [0.4, 0.5) is 5.69 Å². The molecule has 0 saturated carbocycles. The number of carbonyl (C=O) groups is 2. The minimum absolute atomic E-state index is 0.0675. The number of hydrogen-bond donors (Lipinski definition) is 2. The maximum Gasteiger partial charge on any atom is 0.258 e. The molecule has 0 aliphatic rings. The monoisotopic (exact) mass is 442 g/mol. The fourth-order valence-corrected chi connectivity index (χ4v) is 2.70. The lowest BCUT2D eigenvalue weighted by molar-refractivity contribution is -0.123. The zero-order chi connectivity index (χ0) is 19.8. The third kappa shape index (κ3) is 6.24. The Labute approximate surface area is 170 Å². The Hall–Kier alpha value is -3.13. The van der Waals surface area contributed by atoms with Gasteiger partial charge in [0.2, 0.25) is 5.91 Å². The van der Waals surface area contributed by atoms with Gasteiger partial charge in [0.25, 0.3) is 5.91 Å². The van der Waals surface area contributed by atoms with E-state index in [-0.39, 0.29) is 25.0 Å². The topological polar surface area (TPSA) is 85.3 Å². The highest BCUT2D eigenvalue weighted by molar-refractivity contribution is 9.10. The summed E-state index contributed by atoms with van der Waals surface area (Å²) in [7, 11) is 0. The Kier molecular flexibility index (Phi) is 6.80. The van der Waals surface area contributed by atoms with Crippen molar-refractivity contribution < 1.29 is 14.3 Å². The number of rotatable bonds is 8. The first-order valence-corrected chi connectivity index (χ1v) is 9.39. The van der Waals surface area contributed by atoms with E-state index in [9.17, 15) is 9.59 Å². The van der Waals surface area contributed by atoms with Crippen LogP contribution in [0, 0.1) is 0 Å².